The van der Waals surface area contributed by atoms with Gasteiger partial charge in [0.15, 0.2) is 0 Å². The zero-order valence-corrected chi connectivity index (χ0v) is 12.1. The van der Waals surface area contributed by atoms with Crippen molar-refractivity contribution in [1.82, 2.24) is 0 Å². The van der Waals surface area contributed by atoms with E-state index in [1.165, 1.54) is 12.1 Å². The van der Waals surface area contributed by atoms with Crippen molar-refractivity contribution < 1.29 is 4.92 Å². The molecule has 0 spiro atoms. The van der Waals surface area contributed by atoms with Crippen molar-refractivity contribution in [2.45, 2.75) is 6.54 Å². The van der Waals surface area contributed by atoms with Crippen LogP contribution in [0.5, 0.6) is 0 Å². The van der Waals surface area contributed by atoms with Crippen molar-refractivity contribution in [2.24, 2.45) is 0 Å². The first-order valence-corrected chi connectivity index (χ1v) is 6.65. The monoisotopic (exact) mass is 340 g/mol. The third kappa shape index (κ3) is 3.68. The van der Waals surface area contributed by atoms with Gasteiger partial charge in [-0.2, -0.15) is 0 Å². The predicted octanol–water partition coefficient (Wildman–Crippen LogP) is 4.62. The molecule has 2 aromatic carbocycles. The summed E-state index contributed by atoms with van der Waals surface area (Å²) in [6, 6.07) is 11.9. The highest BCUT2D eigenvalue weighted by molar-refractivity contribution is 9.10. The summed E-state index contributed by atoms with van der Waals surface area (Å²) in [4.78, 5) is 10.1. The quantitative estimate of drug-likeness (QED) is 0.652. The molecule has 1 N–H and O–H groups in total. The lowest BCUT2D eigenvalue weighted by atomic mass is 10.2. The number of nitrogens with zero attached hydrogens (tertiary/aromatic N) is 1. The summed E-state index contributed by atoms with van der Waals surface area (Å²) < 4.78 is 0.927. The van der Waals surface area contributed by atoms with Crippen LogP contribution in [-0.2, 0) is 6.54 Å². The van der Waals surface area contributed by atoms with E-state index in [2.05, 4.69) is 21.2 Å². The molecule has 0 radical (unpaired) electrons. The Morgan fingerprint density at radius 3 is 2.47 bits per heavy atom. The van der Waals surface area contributed by atoms with Gasteiger partial charge in [-0.3, -0.25) is 10.1 Å². The average molecular weight is 342 g/mol. The van der Waals surface area contributed by atoms with Crippen LogP contribution in [-0.4, -0.2) is 4.92 Å². The van der Waals surface area contributed by atoms with Crippen LogP contribution in [0, 0.1) is 10.1 Å². The zero-order chi connectivity index (χ0) is 13.8. The summed E-state index contributed by atoms with van der Waals surface area (Å²) >= 11 is 9.45. The summed E-state index contributed by atoms with van der Waals surface area (Å²) in [5.74, 6) is 0. The van der Waals surface area contributed by atoms with E-state index in [-0.39, 0.29) is 5.69 Å². The number of non-ortho nitro benzene ring substituents is 1. The summed E-state index contributed by atoms with van der Waals surface area (Å²) in [5, 5.41) is 14.4. The number of rotatable bonds is 4. The molecule has 6 heteroatoms. The number of benzene rings is 2. The maximum Gasteiger partial charge on any atom is 0.269 e. The molecular formula is C13H10BrClN2O2. The molecular weight excluding hydrogens is 332 g/mol. The Morgan fingerprint density at radius 1 is 1.21 bits per heavy atom. The van der Waals surface area contributed by atoms with Gasteiger partial charge in [-0.1, -0.05) is 33.6 Å². The summed E-state index contributed by atoms with van der Waals surface area (Å²) in [5.41, 5.74) is 1.85. The maximum absolute atomic E-state index is 10.5. The second kappa shape index (κ2) is 6.04. The van der Waals surface area contributed by atoms with Gasteiger partial charge in [-0.15, -0.1) is 0 Å². The van der Waals surface area contributed by atoms with Gasteiger partial charge >= 0.3 is 0 Å². The molecule has 0 heterocycles. The first-order valence-electron chi connectivity index (χ1n) is 5.48. The number of nitro groups is 1. The highest BCUT2D eigenvalue weighted by Crippen LogP contribution is 2.23. The average Bonchev–Trinajstić information content (AvgIpc) is 2.38. The number of hydrogen-bond acceptors (Lipinski definition) is 3. The Morgan fingerprint density at radius 2 is 1.89 bits per heavy atom. The standard InChI is InChI=1S/C13H10BrClN2O2/c14-10-2-1-9(13(15)7-10)8-16-11-3-5-12(6-4-11)17(18)19/h1-7,16H,8H2. The van der Waals surface area contributed by atoms with E-state index >= 15 is 0 Å². The van der Waals surface area contributed by atoms with E-state index in [9.17, 15) is 10.1 Å². The van der Waals surface area contributed by atoms with E-state index < -0.39 is 4.92 Å². The van der Waals surface area contributed by atoms with E-state index in [1.807, 2.05) is 18.2 Å². The predicted molar refractivity (Wildman–Crippen MR) is 79.6 cm³/mol. The Bertz CT molecular complexity index is 602. The van der Waals surface area contributed by atoms with Crippen molar-refractivity contribution in [2.75, 3.05) is 5.32 Å². The number of anilines is 1. The summed E-state index contributed by atoms with van der Waals surface area (Å²) in [6.07, 6.45) is 0. The Balaban J connectivity index is 2.04. The van der Waals surface area contributed by atoms with Gasteiger partial charge in [0, 0.05) is 33.9 Å². The molecule has 19 heavy (non-hydrogen) atoms. The van der Waals surface area contributed by atoms with E-state index in [0.717, 1.165) is 15.7 Å². The fraction of sp³-hybridized carbons (Fsp3) is 0.0769. The van der Waals surface area contributed by atoms with Crippen LogP contribution in [0.2, 0.25) is 5.02 Å². The Kier molecular flexibility index (Phi) is 4.39. The lowest BCUT2D eigenvalue weighted by Crippen LogP contribution is -2.00. The van der Waals surface area contributed by atoms with Crippen LogP contribution in [0.15, 0.2) is 46.9 Å². The number of hydrogen-bond donors (Lipinski definition) is 1. The molecule has 0 bridgehead atoms. The molecule has 0 amide bonds. The van der Waals surface area contributed by atoms with E-state index in [0.29, 0.717) is 11.6 Å². The van der Waals surface area contributed by atoms with E-state index in [4.69, 9.17) is 11.6 Å². The van der Waals surface area contributed by atoms with Crippen LogP contribution in [0.3, 0.4) is 0 Å². The van der Waals surface area contributed by atoms with Gasteiger partial charge in [0.1, 0.15) is 0 Å². The van der Waals surface area contributed by atoms with Gasteiger partial charge in [0.25, 0.3) is 5.69 Å². The highest BCUT2D eigenvalue weighted by Gasteiger charge is 2.04. The van der Waals surface area contributed by atoms with E-state index in [1.54, 1.807) is 12.1 Å². The minimum atomic E-state index is -0.421. The molecule has 0 aromatic heterocycles. The molecule has 0 saturated carbocycles. The summed E-state index contributed by atoms with van der Waals surface area (Å²) in [6.45, 7) is 0.559. The van der Waals surface area contributed by atoms with Gasteiger partial charge in [0.2, 0.25) is 0 Å². The van der Waals surface area contributed by atoms with Crippen LogP contribution in [0.1, 0.15) is 5.56 Å². The first-order chi connectivity index (χ1) is 9.06. The molecule has 0 unspecified atom stereocenters. The fourth-order valence-electron chi connectivity index (χ4n) is 1.56. The minimum Gasteiger partial charge on any atom is -0.381 e. The molecule has 0 fully saturated rings. The lowest BCUT2D eigenvalue weighted by Gasteiger charge is -2.08. The van der Waals surface area contributed by atoms with Crippen LogP contribution >= 0.6 is 27.5 Å². The molecule has 98 valence electrons. The van der Waals surface area contributed by atoms with Crippen LogP contribution < -0.4 is 5.32 Å². The smallest absolute Gasteiger partial charge is 0.269 e. The number of nitro benzene ring substituents is 1. The molecule has 2 aromatic rings. The normalized spacial score (nSPS) is 10.2. The van der Waals surface area contributed by atoms with Gasteiger partial charge in [-0.25, -0.2) is 0 Å². The van der Waals surface area contributed by atoms with Crippen molar-refractivity contribution in [1.29, 1.82) is 0 Å². The molecule has 0 aliphatic rings. The topological polar surface area (TPSA) is 55.2 Å². The highest BCUT2D eigenvalue weighted by atomic mass is 79.9. The molecule has 4 nitrogen and oxygen atoms in total. The minimum absolute atomic E-state index is 0.0761. The Hall–Kier alpha value is -1.59. The SMILES string of the molecule is O=[N+]([O-])c1ccc(NCc2ccc(Br)cc2Cl)cc1. The molecule has 0 aliphatic heterocycles. The van der Waals surface area contributed by atoms with Crippen LogP contribution in [0.25, 0.3) is 0 Å². The first kappa shape index (κ1) is 13.8. The van der Waals surface area contributed by atoms with Gasteiger partial charge in [0.05, 0.1) is 4.92 Å². The third-order valence-corrected chi connectivity index (χ3v) is 3.42. The Labute approximate surface area is 123 Å². The fourth-order valence-corrected chi connectivity index (χ4v) is 2.30. The summed E-state index contributed by atoms with van der Waals surface area (Å²) in [7, 11) is 0. The number of nitrogens with one attached hydrogen (secondary N) is 1. The third-order valence-electron chi connectivity index (χ3n) is 2.58. The van der Waals surface area contributed by atoms with Gasteiger partial charge < -0.3 is 5.32 Å². The van der Waals surface area contributed by atoms with Gasteiger partial charge in [-0.05, 0) is 29.8 Å². The second-order valence-corrected chi connectivity index (χ2v) is 5.22. The maximum atomic E-state index is 10.5. The van der Waals surface area contributed by atoms with Crippen molar-refractivity contribution in [3.05, 3.63) is 67.6 Å². The van der Waals surface area contributed by atoms with Crippen molar-refractivity contribution in [3.8, 4) is 0 Å². The zero-order valence-electron chi connectivity index (χ0n) is 9.77. The molecule has 0 atom stereocenters. The molecule has 0 aliphatic carbocycles. The second-order valence-electron chi connectivity index (χ2n) is 3.89. The van der Waals surface area contributed by atoms with Crippen molar-refractivity contribution in [3.63, 3.8) is 0 Å². The molecule has 0 saturated heterocycles. The largest absolute Gasteiger partial charge is 0.381 e. The number of halogens is 2. The molecule has 2 rings (SSSR count). The lowest BCUT2D eigenvalue weighted by molar-refractivity contribution is -0.384. The van der Waals surface area contributed by atoms with Crippen molar-refractivity contribution >= 4 is 38.9 Å². The van der Waals surface area contributed by atoms with Crippen LogP contribution in [0.4, 0.5) is 11.4 Å².